The number of Topliss-reactive ketones (excluding diaryl/α,β-unsaturated/α-hetero) is 1. The third-order valence-electron chi connectivity index (χ3n) is 6.40. The Labute approximate surface area is 184 Å². The Kier molecular flexibility index (Phi) is 11.2. The van der Waals surface area contributed by atoms with Gasteiger partial charge in [0.25, 0.3) is 0 Å². The van der Waals surface area contributed by atoms with Crippen LogP contribution in [0.5, 0.6) is 0 Å². The molecular weight excluding hydrogens is 370 g/mol. The Hall–Kier alpha value is -1.63. The highest BCUT2D eigenvalue weighted by molar-refractivity contribution is 5.88. The second kappa shape index (κ2) is 13.6. The van der Waals surface area contributed by atoms with E-state index in [0.717, 1.165) is 50.9 Å². The molecule has 166 valence electrons. The minimum atomic E-state index is -1.36. The third-order valence-corrected chi connectivity index (χ3v) is 6.40. The molecule has 1 aromatic rings. The maximum absolute atomic E-state index is 13.2. The summed E-state index contributed by atoms with van der Waals surface area (Å²) < 4.78 is 0. The molecule has 0 amide bonds. The first-order chi connectivity index (χ1) is 14.6. The summed E-state index contributed by atoms with van der Waals surface area (Å²) in [5.41, 5.74) is -0.613. The van der Waals surface area contributed by atoms with Crippen molar-refractivity contribution in [2.24, 2.45) is 5.92 Å². The van der Waals surface area contributed by atoms with Gasteiger partial charge in [0.2, 0.25) is 0 Å². The molecule has 2 rings (SSSR count). The fraction of sp³-hybridized carbons (Fsp3) is 0.667. The predicted octanol–water partition coefficient (Wildman–Crippen LogP) is 5.71. The van der Waals surface area contributed by atoms with E-state index < -0.39 is 5.60 Å². The van der Waals surface area contributed by atoms with Crippen LogP contribution in [0.4, 0.5) is 0 Å². The predicted molar refractivity (Wildman–Crippen MR) is 125 cm³/mol. The van der Waals surface area contributed by atoms with Crippen LogP contribution in [-0.4, -0.2) is 35.4 Å². The van der Waals surface area contributed by atoms with Crippen LogP contribution < -0.4 is 0 Å². The van der Waals surface area contributed by atoms with Gasteiger partial charge in [-0.1, -0.05) is 82.2 Å². The summed E-state index contributed by atoms with van der Waals surface area (Å²) in [6.45, 7) is 7.41. The van der Waals surface area contributed by atoms with Gasteiger partial charge < -0.3 is 5.11 Å². The van der Waals surface area contributed by atoms with Crippen molar-refractivity contribution in [3.8, 4) is 11.8 Å². The number of ketones is 1. The van der Waals surface area contributed by atoms with Crippen LogP contribution in [0.15, 0.2) is 30.3 Å². The molecule has 0 aromatic heterocycles. The zero-order valence-electron chi connectivity index (χ0n) is 19.2. The number of carbonyl (C=O) groups excluding carboxylic acids is 1. The summed E-state index contributed by atoms with van der Waals surface area (Å²) in [5, 5.41) is 11.6. The van der Waals surface area contributed by atoms with Gasteiger partial charge in [-0.25, -0.2) is 0 Å². The minimum absolute atomic E-state index is 0.0210. The van der Waals surface area contributed by atoms with Crippen LogP contribution in [0, 0.1) is 17.8 Å². The lowest BCUT2D eigenvalue weighted by molar-refractivity contribution is -0.146. The molecule has 0 saturated heterocycles. The number of benzene rings is 1. The fourth-order valence-electron chi connectivity index (χ4n) is 4.49. The van der Waals surface area contributed by atoms with Gasteiger partial charge in [0, 0.05) is 12.8 Å². The van der Waals surface area contributed by atoms with E-state index in [4.69, 9.17) is 0 Å². The van der Waals surface area contributed by atoms with E-state index in [1.165, 1.54) is 32.1 Å². The largest absolute Gasteiger partial charge is 0.377 e. The van der Waals surface area contributed by atoms with E-state index in [1.54, 1.807) is 0 Å². The molecule has 1 aromatic carbocycles. The standard InChI is InChI=1S/C27H41NO2/c1-3-5-21-28(22-6-4-2)23-15-9-14-20-26(29)27(30,24-16-10-7-11-17-24)25-18-12-8-13-19-25/h7,10-11,16-17,25,30H,3-6,8,12-14,18-23H2,1-2H3. The Balaban J connectivity index is 1.97. The van der Waals surface area contributed by atoms with E-state index in [-0.39, 0.29) is 11.7 Å². The van der Waals surface area contributed by atoms with Crippen LogP contribution in [0.25, 0.3) is 0 Å². The first-order valence-electron chi connectivity index (χ1n) is 12.1. The first kappa shape index (κ1) is 24.6. The average molecular weight is 412 g/mol. The molecule has 30 heavy (non-hydrogen) atoms. The molecular formula is C27H41NO2. The highest BCUT2D eigenvalue weighted by atomic mass is 16.3. The number of rotatable bonds is 12. The van der Waals surface area contributed by atoms with Crippen molar-refractivity contribution in [2.45, 2.75) is 90.1 Å². The summed E-state index contributed by atoms with van der Waals surface area (Å²) >= 11 is 0. The molecule has 1 fully saturated rings. The Morgan fingerprint density at radius 3 is 2.27 bits per heavy atom. The lowest BCUT2D eigenvalue weighted by Crippen LogP contribution is -2.44. The molecule has 0 aliphatic heterocycles. The zero-order valence-corrected chi connectivity index (χ0v) is 19.2. The number of aliphatic hydroxyl groups is 1. The van der Waals surface area contributed by atoms with E-state index in [9.17, 15) is 9.90 Å². The molecule has 0 spiro atoms. The molecule has 1 aliphatic rings. The number of nitrogens with zero attached hydrogens (tertiary/aromatic N) is 1. The number of carbonyl (C=O) groups is 1. The highest BCUT2D eigenvalue weighted by Crippen LogP contribution is 2.40. The molecule has 1 saturated carbocycles. The van der Waals surface area contributed by atoms with Crippen LogP contribution >= 0.6 is 0 Å². The van der Waals surface area contributed by atoms with Gasteiger partial charge in [-0.2, -0.15) is 0 Å². The van der Waals surface area contributed by atoms with Gasteiger partial charge in [-0.15, -0.1) is 5.92 Å². The van der Waals surface area contributed by atoms with Gasteiger partial charge in [0.15, 0.2) is 11.4 Å². The molecule has 1 atom stereocenters. The van der Waals surface area contributed by atoms with Crippen molar-refractivity contribution in [1.82, 2.24) is 4.90 Å². The maximum atomic E-state index is 13.2. The van der Waals surface area contributed by atoms with Crippen molar-refractivity contribution >= 4 is 5.78 Å². The summed E-state index contributed by atoms with van der Waals surface area (Å²) in [6.07, 6.45) is 10.9. The van der Waals surface area contributed by atoms with E-state index in [0.29, 0.717) is 12.8 Å². The molecule has 1 N–H and O–H groups in total. The normalized spacial score (nSPS) is 16.7. The Morgan fingerprint density at radius 2 is 1.67 bits per heavy atom. The smallest absolute Gasteiger partial charge is 0.170 e. The van der Waals surface area contributed by atoms with Gasteiger partial charge in [0.05, 0.1) is 6.54 Å². The first-order valence-corrected chi connectivity index (χ1v) is 12.1. The van der Waals surface area contributed by atoms with Crippen LogP contribution in [0.2, 0.25) is 0 Å². The monoisotopic (exact) mass is 411 g/mol. The number of unbranched alkanes of at least 4 members (excludes halogenated alkanes) is 2. The quantitative estimate of drug-likeness (QED) is 0.448. The molecule has 0 bridgehead atoms. The molecule has 3 heteroatoms. The second-order valence-electron chi connectivity index (χ2n) is 8.73. The van der Waals surface area contributed by atoms with Crippen molar-refractivity contribution in [3.05, 3.63) is 35.9 Å². The summed E-state index contributed by atoms with van der Waals surface area (Å²) in [4.78, 5) is 15.6. The summed E-state index contributed by atoms with van der Waals surface area (Å²) in [5.74, 6) is 6.43. The second-order valence-corrected chi connectivity index (χ2v) is 8.73. The average Bonchev–Trinajstić information content (AvgIpc) is 2.80. The summed E-state index contributed by atoms with van der Waals surface area (Å²) in [7, 11) is 0. The van der Waals surface area contributed by atoms with Crippen LogP contribution in [0.1, 0.15) is 90.0 Å². The third kappa shape index (κ3) is 7.25. The van der Waals surface area contributed by atoms with Crippen LogP contribution in [0.3, 0.4) is 0 Å². The molecule has 1 aliphatic carbocycles. The molecule has 1 unspecified atom stereocenters. The minimum Gasteiger partial charge on any atom is -0.377 e. The van der Waals surface area contributed by atoms with E-state index in [1.807, 2.05) is 30.3 Å². The SMILES string of the molecule is CCCCN(CC#CCCC(=O)C(O)(c1ccccc1)C1CCCCC1)CCCC. The Bertz CT molecular complexity index is 661. The van der Waals surface area contributed by atoms with Crippen molar-refractivity contribution < 1.29 is 9.90 Å². The van der Waals surface area contributed by atoms with Gasteiger partial charge in [0.1, 0.15) is 0 Å². The number of hydrogen-bond acceptors (Lipinski definition) is 3. The van der Waals surface area contributed by atoms with Gasteiger partial charge >= 0.3 is 0 Å². The van der Waals surface area contributed by atoms with E-state index >= 15 is 0 Å². The summed E-state index contributed by atoms with van der Waals surface area (Å²) in [6, 6.07) is 9.56. The Morgan fingerprint density at radius 1 is 1.03 bits per heavy atom. The van der Waals surface area contributed by atoms with Crippen molar-refractivity contribution in [1.29, 1.82) is 0 Å². The van der Waals surface area contributed by atoms with Crippen molar-refractivity contribution in [2.75, 3.05) is 19.6 Å². The lowest BCUT2D eigenvalue weighted by Gasteiger charge is -2.37. The number of hydrogen-bond donors (Lipinski definition) is 1. The van der Waals surface area contributed by atoms with E-state index in [2.05, 4.69) is 30.6 Å². The highest BCUT2D eigenvalue weighted by Gasteiger charge is 2.44. The molecule has 0 radical (unpaired) electrons. The lowest BCUT2D eigenvalue weighted by atomic mass is 9.70. The molecule has 0 heterocycles. The maximum Gasteiger partial charge on any atom is 0.170 e. The topological polar surface area (TPSA) is 40.5 Å². The van der Waals surface area contributed by atoms with Crippen molar-refractivity contribution in [3.63, 3.8) is 0 Å². The zero-order chi connectivity index (χ0) is 21.7. The molecule has 3 nitrogen and oxygen atoms in total. The van der Waals surface area contributed by atoms with Crippen LogP contribution in [-0.2, 0) is 10.4 Å². The van der Waals surface area contributed by atoms with Gasteiger partial charge in [-0.3, -0.25) is 9.69 Å². The fourth-order valence-corrected chi connectivity index (χ4v) is 4.49. The van der Waals surface area contributed by atoms with Gasteiger partial charge in [-0.05, 0) is 50.3 Å².